The van der Waals surface area contributed by atoms with Crippen LogP contribution in [0.2, 0.25) is 0 Å². The molecule has 1 aliphatic rings. The van der Waals surface area contributed by atoms with E-state index in [4.69, 9.17) is 0 Å². The summed E-state index contributed by atoms with van der Waals surface area (Å²) in [6.45, 7) is 0.881. The summed E-state index contributed by atoms with van der Waals surface area (Å²) in [5.41, 5.74) is 1.21. The number of carbonyl (C=O) groups excluding carboxylic acids is 1. The van der Waals surface area contributed by atoms with Crippen LogP contribution in [0.5, 0.6) is 0 Å². The van der Waals surface area contributed by atoms with Gasteiger partial charge in [0.05, 0.1) is 6.20 Å². The topological polar surface area (TPSA) is 38.1 Å². The Bertz CT molecular complexity index is 358. The second-order valence-corrected chi connectivity index (χ2v) is 4.37. The maximum Gasteiger partial charge on any atom is 0.134 e. The molecule has 0 spiro atoms. The van der Waals surface area contributed by atoms with Crippen LogP contribution in [0.25, 0.3) is 0 Å². The van der Waals surface area contributed by atoms with Crippen molar-refractivity contribution >= 4 is 5.78 Å². The first-order valence-electron chi connectivity index (χ1n) is 5.34. The molecule has 0 aliphatic heterocycles. The molecule has 1 fully saturated rings. The minimum Gasteiger partial charge on any atom is -0.300 e. The third-order valence-corrected chi connectivity index (χ3v) is 3.03. The van der Waals surface area contributed by atoms with Gasteiger partial charge in [-0.05, 0) is 13.5 Å². The predicted molar refractivity (Wildman–Crippen MR) is 57.3 cm³/mol. The van der Waals surface area contributed by atoms with Crippen molar-refractivity contribution in [3.63, 3.8) is 0 Å². The first kappa shape index (κ1) is 10.4. The lowest BCUT2D eigenvalue weighted by Gasteiger charge is -2.22. The van der Waals surface area contributed by atoms with Gasteiger partial charge in [0.2, 0.25) is 0 Å². The van der Waals surface area contributed by atoms with Crippen LogP contribution in [0.15, 0.2) is 12.4 Å². The van der Waals surface area contributed by atoms with Crippen LogP contribution in [0.4, 0.5) is 0 Å². The predicted octanol–water partition coefficient (Wildman–Crippen LogP) is 0.973. The lowest BCUT2D eigenvalue weighted by atomic mass is 10.2. The zero-order valence-corrected chi connectivity index (χ0v) is 9.31. The molecular weight excluding hydrogens is 190 g/mol. The minimum absolute atomic E-state index is 0.401. The third-order valence-electron chi connectivity index (χ3n) is 3.03. The maximum absolute atomic E-state index is 11.2. The number of nitrogens with zero attached hydrogens (tertiary/aromatic N) is 3. The Morgan fingerprint density at radius 1 is 1.67 bits per heavy atom. The molecule has 0 saturated heterocycles. The van der Waals surface area contributed by atoms with E-state index in [1.54, 1.807) is 0 Å². The summed E-state index contributed by atoms with van der Waals surface area (Å²) >= 11 is 0. The first-order valence-corrected chi connectivity index (χ1v) is 5.34. The highest BCUT2D eigenvalue weighted by molar-refractivity contribution is 5.81. The van der Waals surface area contributed by atoms with Crippen molar-refractivity contribution in [1.82, 2.24) is 14.7 Å². The van der Waals surface area contributed by atoms with Crippen LogP contribution in [-0.2, 0) is 18.4 Å². The monoisotopic (exact) mass is 207 g/mol. The Kier molecular flexibility index (Phi) is 2.86. The first-order chi connectivity index (χ1) is 7.15. The molecule has 0 amide bonds. The van der Waals surface area contributed by atoms with Crippen molar-refractivity contribution in [2.24, 2.45) is 7.05 Å². The fourth-order valence-electron chi connectivity index (χ4n) is 2.14. The second-order valence-electron chi connectivity index (χ2n) is 4.37. The number of carbonyl (C=O) groups is 1. The molecule has 1 aromatic rings. The van der Waals surface area contributed by atoms with Crippen LogP contribution < -0.4 is 0 Å². The molecule has 0 radical (unpaired) electrons. The van der Waals surface area contributed by atoms with Crippen LogP contribution in [0.1, 0.15) is 24.8 Å². The van der Waals surface area contributed by atoms with E-state index in [1.807, 2.05) is 24.1 Å². The summed E-state index contributed by atoms with van der Waals surface area (Å²) in [6, 6.07) is 0.428. The number of Topliss-reactive ketones (excluding diaryl/α,β-unsaturated/α-hetero) is 1. The van der Waals surface area contributed by atoms with Crippen LogP contribution in [-0.4, -0.2) is 33.6 Å². The minimum atomic E-state index is 0.401. The Hall–Kier alpha value is -1.16. The van der Waals surface area contributed by atoms with E-state index >= 15 is 0 Å². The summed E-state index contributed by atoms with van der Waals surface area (Å²) < 4.78 is 1.81. The molecule has 1 unspecified atom stereocenters. The van der Waals surface area contributed by atoms with Crippen molar-refractivity contribution in [2.75, 3.05) is 7.05 Å². The molecule has 0 N–H and O–H groups in total. The molecule has 1 heterocycles. The molecule has 4 nitrogen and oxygen atoms in total. The van der Waals surface area contributed by atoms with Gasteiger partial charge in [-0.25, -0.2) is 0 Å². The molecule has 0 aromatic carbocycles. The van der Waals surface area contributed by atoms with Crippen molar-refractivity contribution in [3.05, 3.63) is 18.0 Å². The summed E-state index contributed by atoms with van der Waals surface area (Å²) in [6.07, 6.45) is 6.38. The SMILES string of the molecule is CN(Cc1cnn(C)c1)C1CCC(=O)C1. The van der Waals surface area contributed by atoms with Gasteiger partial charge in [-0.1, -0.05) is 0 Å². The van der Waals surface area contributed by atoms with Gasteiger partial charge in [-0.15, -0.1) is 0 Å². The number of hydrogen-bond donors (Lipinski definition) is 0. The van der Waals surface area contributed by atoms with Gasteiger partial charge in [0.15, 0.2) is 0 Å². The molecule has 1 aliphatic carbocycles. The fourth-order valence-corrected chi connectivity index (χ4v) is 2.14. The molecule has 1 saturated carbocycles. The van der Waals surface area contributed by atoms with Gasteiger partial charge in [-0.2, -0.15) is 5.10 Å². The molecule has 4 heteroatoms. The fraction of sp³-hybridized carbons (Fsp3) is 0.636. The van der Waals surface area contributed by atoms with Crippen molar-refractivity contribution in [1.29, 1.82) is 0 Å². The van der Waals surface area contributed by atoms with Gasteiger partial charge in [0, 0.05) is 44.2 Å². The Balaban J connectivity index is 1.92. The lowest BCUT2D eigenvalue weighted by molar-refractivity contribution is -0.117. The van der Waals surface area contributed by atoms with Gasteiger partial charge in [0.1, 0.15) is 5.78 Å². The average Bonchev–Trinajstić information content (AvgIpc) is 2.75. The van der Waals surface area contributed by atoms with E-state index < -0.39 is 0 Å². The summed E-state index contributed by atoms with van der Waals surface area (Å²) in [4.78, 5) is 13.4. The molecule has 1 aromatic heterocycles. The quantitative estimate of drug-likeness (QED) is 0.741. The highest BCUT2D eigenvalue weighted by atomic mass is 16.1. The smallest absolute Gasteiger partial charge is 0.134 e. The highest BCUT2D eigenvalue weighted by Crippen LogP contribution is 2.20. The molecule has 82 valence electrons. The molecule has 1 atom stereocenters. The molecular formula is C11H17N3O. The Morgan fingerprint density at radius 2 is 2.47 bits per heavy atom. The van der Waals surface area contributed by atoms with Gasteiger partial charge in [0.25, 0.3) is 0 Å². The highest BCUT2D eigenvalue weighted by Gasteiger charge is 2.25. The van der Waals surface area contributed by atoms with E-state index in [1.165, 1.54) is 5.56 Å². The van der Waals surface area contributed by atoms with E-state index in [9.17, 15) is 4.79 Å². The molecule has 15 heavy (non-hydrogen) atoms. The van der Waals surface area contributed by atoms with E-state index in [0.717, 1.165) is 25.8 Å². The van der Waals surface area contributed by atoms with Gasteiger partial charge >= 0.3 is 0 Å². The Morgan fingerprint density at radius 3 is 3.00 bits per heavy atom. The van der Waals surface area contributed by atoms with Crippen molar-refractivity contribution < 1.29 is 4.79 Å². The van der Waals surface area contributed by atoms with Crippen molar-refractivity contribution in [3.8, 4) is 0 Å². The number of rotatable bonds is 3. The van der Waals surface area contributed by atoms with Gasteiger partial charge < -0.3 is 0 Å². The van der Waals surface area contributed by atoms with Crippen LogP contribution >= 0.6 is 0 Å². The van der Waals surface area contributed by atoms with Gasteiger partial charge in [-0.3, -0.25) is 14.4 Å². The lowest BCUT2D eigenvalue weighted by Crippen LogP contribution is -2.28. The zero-order chi connectivity index (χ0) is 10.8. The second kappa shape index (κ2) is 4.14. The zero-order valence-electron chi connectivity index (χ0n) is 9.31. The van der Waals surface area contributed by atoms with Crippen LogP contribution in [0.3, 0.4) is 0 Å². The normalized spacial score (nSPS) is 21.5. The van der Waals surface area contributed by atoms with Crippen LogP contribution in [0, 0.1) is 0 Å². The summed E-state index contributed by atoms with van der Waals surface area (Å²) in [7, 11) is 4.00. The summed E-state index contributed by atoms with van der Waals surface area (Å²) in [5, 5.41) is 4.13. The molecule has 0 bridgehead atoms. The number of hydrogen-bond acceptors (Lipinski definition) is 3. The standard InChI is InChI=1S/C11H17N3O/c1-13(10-3-4-11(15)5-10)7-9-6-12-14(2)8-9/h6,8,10H,3-5,7H2,1-2H3. The third kappa shape index (κ3) is 2.45. The number of aromatic nitrogens is 2. The number of ketones is 1. The maximum atomic E-state index is 11.2. The number of aryl methyl sites for hydroxylation is 1. The average molecular weight is 207 g/mol. The van der Waals surface area contributed by atoms with E-state index in [-0.39, 0.29) is 0 Å². The van der Waals surface area contributed by atoms with Crippen molar-refractivity contribution in [2.45, 2.75) is 31.8 Å². The van der Waals surface area contributed by atoms with E-state index in [0.29, 0.717) is 11.8 Å². The molecule has 2 rings (SSSR count). The summed E-state index contributed by atoms with van der Waals surface area (Å²) in [5.74, 6) is 0.401. The Labute approximate surface area is 89.9 Å². The largest absolute Gasteiger partial charge is 0.300 e. The van der Waals surface area contributed by atoms with E-state index in [2.05, 4.69) is 17.0 Å².